The Balaban J connectivity index is 1.44. The van der Waals surface area contributed by atoms with Gasteiger partial charge in [-0.3, -0.25) is 4.98 Å². The minimum Gasteiger partial charge on any atom is -0.390 e. The Labute approximate surface area is 192 Å². The van der Waals surface area contributed by atoms with Gasteiger partial charge in [-0.1, -0.05) is 29.5 Å². The summed E-state index contributed by atoms with van der Waals surface area (Å²) in [7, 11) is 0. The number of benzene rings is 1. The van der Waals surface area contributed by atoms with Gasteiger partial charge in [0.25, 0.3) is 5.92 Å². The van der Waals surface area contributed by atoms with E-state index in [1.807, 2.05) is 18.2 Å². The lowest BCUT2D eigenvalue weighted by Crippen LogP contribution is -2.31. The second kappa shape index (κ2) is 9.42. The number of nitrogens with zero attached hydrogens (tertiary/aromatic N) is 3. The molecule has 0 fully saturated rings. The topological polar surface area (TPSA) is 97.0 Å². The Kier molecular flexibility index (Phi) is 6.59. The van der Waals surface area contributed by atoms with E-state index < -0.39 is 11.9 Å². The molecular weight excluding hydrogens is 451 g/mol. The van der Waals surface area contributed by atoms with Crippen LogP contribution in [0.1, 0.15) is 23.9 Å². The van der Waals surface area contributed by atoms with Gasteiger partial charge in [-0.25, -0.2) is 9.97 Å². The van der Waals surface area contributed by atoms with E-state index in [0.717, 1.165) is 28.3 Å². The molecule has 0 spiro atoms. The summed E-state index contributed by atoms with van der Waals surface area (Å²) in [5.41, 5.74) is 7.98. The van der Waals surface area contributed by atoms with Gasteiger partial charge in [0.2, 0.25) is 5.95 Å². The first-order valence-electron chi connectivity index (χ1n) is 10.2. The summed E-state index contributed by atoms with van der Waals surface area (Å²) in [6, 6.07) is 9.51. The number of aliphatic hydroxyl groups is 1. The average Bonchev–Trinajstić information content (AvgIpc) is 3.20. The van der Waals surface area contributed by atoms with Crippen LogP contribution in [-0.2, 0) is 19.0 Å². The van der Waals surface area contributed by atoms with Crippen molar-refractivity contribution in [2.24, 2.45) is 5.73 Å². The zero-order valence-corrected chi connectivity index (χ0v) is 18.5. The molecule has 33 heavy (non-hydrogen) atoms. The van der Waals surface area contributed by atoms with Crippen molar-refractivity contribution in [3.05, 3.63) is 71.7 Å². The van der Waals surface area contributed by atoms with Crippen LogP contribution in [0.15, 0.2) is 48.8 Å². The SMILES string of the molecule is CC(F)(F)c1ccc(C[C@@H](N)CNc2nc(CO)c(-c3ccc4cnc(F)cc4c3)s2)cn1. The van der Waals surface area contributed by atoms with Crippen LogP contribution < -0.4 is 11.1 Å². The molecule has 0 saturated heterocycles. The van der Waals surface area contributed by atoms with Crippen LogP contribution in [0.4, 0.5) is 18.3 Å². The van der Waals surface area contributed by atoms with Gasteiger partial charge in [0.05, 0.1) is 17.2 Å². The van der Waals surface area contributed by atoms with Crippen molar-refractivity contribution in [1.82, 2.24) is 15.0 Å². The number of rotatable bonds is 8. The second-order valence-corrected chi connectivity index (χ2v) is 8.81. The van der Waals surface area contributed by atoms with Crippen molar-refractivity contribution in [2.75, 3.05) is 11.9 Å². The first-order valence-corrected chi connectivity index (χ1v) is 11.0. The molecule has 0 bridgehead atoms. The number of thiazole rings is 1. The molecule has 3 heterocycles. The normalized spacial score (nSPS) is 12.8. The molecule has 0 aliphatic carbocycles. The van der Waals surface area contributed by atoms with E-state index in [1.54, 1.807) is 6.07 Å². The van der Waals surface area contributed by atoms with Gasteiger partial charge in [-0.15, -0.1) is 0 Å². The minimum atomic E-state index is -2.98. The molecule has 0 radical (unpaired) electrons. The lowest BCUT2D eigenvalue weighted by atomic mass is 10.1. The zero-order chi connectivity index (χ0) is 23.6. The Morgan fingerprint density at radius 3 is 2.64 bits per heavy atom. The predicted octanol–water partition coefficient (Wildman–Crippen LogP) is 4.48. The highest BCUT2D eigenvalue weighted by Gasteiger charge is 2.25. The van der Waals surface area contributed by atoms with Crippen LogP contribution in [0.25, 0.3) is 21.2 Å². The Bertz CT molecular complexity index is 1260. The lowest BCUT2D eigenvalue weighted by Gasteiger charge is -2.13. The highest BCUT2D eigenvalue weighted by Crippen LogP contribution is 2.35. The fraction of sp³-hybridized carbons (Fsp3) is 0.261. The summed E-state index contributed by atoms with van der Waals surface area (Å²) in [5.74, 6) is -3.54. The molecule has 10 heteroatoms. The molecule has 4 rings (SSSR count). The van der Waals surface area contributed by atoms with Gasteiger partial charge >= 0.3 is 0 Å². The van der Waals surface area contributed by atoms with Gasteiger partial charge in [0, 0.05) is 43.4 Å². The van der Waals surface area contributed by atoms with E-state index in [0.29, 0.717) is 29.2 Å². The molecule has 0 saturated carbocycles. The summed E-state index contributed by atoms with van der Waals surface area (Å²) in [5, 5.41) is 15.0. The molecule has 0 aliphatic heterocycles. The quantitative estimate of drug-likeness (QED) is 0.327. The fourth-order valence-corrected chi connectivity index (χ4v) is 4.39. The zero-order valence-electron chi connectivity index (χ0n) is 17.7. The van der Waals surface area contributed by atoms with Crippen molar-refractivity contribution in [3.8, 4) is 10.4 Å². The highest BCUT2D eigenvalue weighted by molar-refractivity contribution is 7.19. The van der Waals surface area contributed by atoms with Gasteiger partial charge in [-0.05, 0) is 35.1 Å². The molecule has 4 N–H and O–H groups in total. The third-order valence-corrected chi connectivity index (χ3v) is 6.19. The predicted molar refractivity (Wildman–Crippen MR) is 123 cm³/mol. The lowest BCUT2D eigenvalue weighted by molar-refractivity contribution is 0.0127. The number of hydrogen-bond donors (Lipinski definition) is 3. The van der Waals surface area contributed by atoms with Crippen LogP contribution in [0.5, 0.6) is 0 Å². The van der Waals surface area contributed by atoms with Gasteiger partial charge < -0.3 is 16.2 Å². The third-order valence-electron chi connectivity index (χ3n) is 5.09. The van der Waals surface area contributed by atoms with Crippen LogP contribution in [0.2, 0.25) is 0 Å². The average molecular weight is 474 g/mol. The molecule has 0 unspecified atom stereocenters. The first-order chi connectivity index (χ1) is 15.7. The van der Waals surface area contributed by atoms with E-state index in [4.69, 9.17) is 5.73 Å². The van der Waals surface area contributed by atoms with Crippen LogP contribution in [0, 0.1) is 5.95 Å². The van der Waals surface area contributed by atoms with Crippen LogP contribution >= 0.6 is 11.3 Å². The van der Waals surface area contributed by atoms with Crippen molar-refractivity contribution in [1.29, 1.82) is 0 Å². The van der Waals surface area contributed by atoms with Crippen molar-refractivity contribution >= 4 is 27.2 Å². The summed E-state index contributed by atoms with van der Waals surface area (Å²) >= 11 is 1.36. The van der Waals surface area contributed by atoms with Crippen molar-refractivity contribution < 1.29 is 18.3 Å². The summed E-state index contributed by atoms with van der Waals surface area (Å²) < 4.78 is 40.1. The number of aliphatic hydroxyl groups excluding tert-OH is 1. The Morgan fingerprint density at radius 2 is 1.94 bits per heavy atom. The number of nitrogens with one attached hydrogen (secondary N) is 1. The van der Waals surface area contributed by atoms with E-state index in [1.165, 1.54) is 35.9 Å². The first kappa shape index (κ1) is 23.1. The summed E-state index contributed by atoms with van der Waals surface area (Å²) in [4.78, 5) is 12.7. The molecule has 6 nitrogen and oxygen atoms in total. The third kappa shape index (κ3) is 5.47. The highest BCUT2D eigenvalue weighted by atomic mass is 32.1. The molecule has 172 valence electrons. The number of hydrogen-bond acceptors (Lipinski definition) is 7. The van der Waals surface area contributed by atoms with E-state index in [9.17, 15) is 18.3 Å². The van der Waals surface area contributed by atoms with E-state index in [2.05, 4.69) is 20.3 Å². The molecule has 1 atom stereocenters. The maximum absolute atomic E-state index is 13.5. The number of anilines is 1. The number of pyridine rings is 2. The number of halogens is 3. The van der Waals surface area contributed by atoms with Crippen molar-refractivity contribution in [3.63, 3.8) is 0 Å². The Morgan fingerprint density at radius 1 is 1.12 bits per heavy atom. The van der Waals surface area contributed by atoms with Gasteiger partial charge in [0.1, 0.15) is 5.69 Å². The number of nitrogens with two attached hydrogens (primary N) is 1. The molecule has 1 aromatic carbocycles. The monoisotopic (exact) mass is 473 g/mol. The van der Waals surface area contributed by atoms with Crippen molar-refractivity contribution in [2.45, 2.75) is 31.9 Å². The Hall–Kier alpha value is -3.08. The molecule has 4 aromatic rings. The maximum atomic E-state index is 13.5. The summed E-state index contributed by atoms with van der Waals surface area (Å²) in [6.45, 7) is 0.946. The molecule has 0 aliphatic rings. The smallest absolute Gasteiger partial charge is 0.286 e. The second-order valence-electron chi connectivity index (χ2n) is 7.81. The van der Waals surface area contributed by atoms with Crippen LogP contribution in [-0.4, -0.2) is 32.6 Å². The van der Waals surface area contributed by atoms with Gasteiger partial charge in [0.15, 0.2) is 5.13 Å². The minimum absolute atomic E-state index is 0.248. The van der Waals surface area contributed by atoms with E-state index >= 15 is 0 Å². The maximum Gasteiger partial charge on any atom is 0.286 e. The number of fused-ring (bicyclic) bond motifs is 1. The standard InChI is InChI=1S/C23H22F3N5OS/c1-23(25,26)19-5-2-13(9-28-19)6-17(27)11-30-22-31-18(12-32)21(33-22)14-3-4-15-10-29-20(24)8-16(15)7-14/h2-5,7-10,17,32H,6,11-12,27H2,1H3,(H,30,31)/t17-/m1/s1. The van der Waals surface area contributed by atoms with Crippen LogP contribution in [0.3, 0.4) is 0 Å². The molecule has 0 amide bonds. The van der Waals surface area contributed by atoms with E-state index in [-0.39, 0.29) is 18.3 Å². The van der Waals surface area contributed by atoms with Gasteiger partial charge in [-0.2, -0.15) is 13.2 Å². The largest absolute Gasteiger partial charge is 0.390 e. The molecule has 3 aromatic heterocycles. The number of aromatic nitrogens is 3. The fourth-order valence-electron chi connectivity index (χ4n) is 3.41. The molecular formula is C23H22F3N5OS. The summed E-state index contributed by atoms with van der Waals surface area (Å²) in [6.07, 6.45) is 3.33. The number of alkyl halides is 2.